The minimum atomic E-state index is 0.0576. The number of amides is 1. The SMILES string of the molecule is Cc1cccc(OCCNC(=O)CN2CCc3ccccc3C2)c1. The summed E-state index contributed by atoms with van der Waals surface area (Å²) in [5, 5.41) is 2.93. The number of aryl methyl sites for hydroxylation is 1. The second kappa shape index (κ2) is 7.97. The lowest BCUT2D eigenvalue weighted by Gasteiger charge is -2.28. The molecule has 0 atom stereocenters. The fraction of sp³-hybridized carbons (Fsp3) is 0.350. The second-order valence-corrected chi connectivity index (χ2v) is 6.24. The van der Waals surface area contributed by atoms with Crippen LogP contribution in [0.2, 0.25) is 0 Å². The van der Waals surface area contributed by atoms with Crippen molar-refractivity contribution in [3.05, 3.63) is 65.2 Å². The molecule has 0 aromatic heterocycles. The van der Waals surface area contributed by atoms with E-state index >= 15 is 0 Å². The number of carbonyl (C=O) groups is 1. The molecule has 1 aliphatic heterocycles. The molecule has 4 heteroatoms. The van der Waals surface area contributed by atoms with Crippen molar-refractivity contribution in [2.24, 2.45) is 0 Å². The number of hydrogen-bond donors (Lipinski definition) is 1. The number of nitrogens with one attached hydrogen (secondary N) is 1. The van der Waals surface area contributed by atoms with Crippen molar-refractivity contribution in [2.75, 3.05) is 26.2 Å². The summed E-state index contributed by atoms with van der Waals surface area (Å²) in [5.74, 6) is 0.902. The molecule has 0 saturated carbocycles. The van der Waals surface area contributed by atoms with Crippen LogP contribution in [0.4, 0.5) is 0 Å². The molecule has 0 unspecified atom stereocenters. The molecule has 24 heavy (non-hydrogen) atoms. The standard InChI is InChI=1S/C20H24N2O2/c1-16-5-4-8-19(13-16)24-12-10-21-20(23)15-22-11-9-17-6-2-3-7-18(17)14-22/h2-8,13H,9-12,14-15H2,1H3,(H,21,23). The number of hydrogen-bond acceptors (Lipinski definition) is 3. The van der Waals surface area contributed by atoms with Crippen LogP contribution in [0.25, 0.3) is 0 Å². The highest BCUT2D eigenvalue weighted by molar-refractivity contribution is 5.78. The van der Waals surface area contributed by atoms with Crippen LogP contribution in [0.5, 0.6) is 5.75 Å². The molecule has 1 N–H and O–H groups in total. The van der Waals surface area contributed by atoms with Crippen LogP contribution in [-0.4, -0.2) is 37.0 Å². The van der Waals surface area contributed by atoms with Gasteiger partial charge < -0.3 is 10.1 Å². The van der Waals surface area contributed by atoms with Crippen molar-refractivity contribution in [1.29, 1.82) is 0 Å². The number of nitrogens with zero attached hydrogens (tertiary/aromatic N) is 1. The average molecular weight is 324 g/mol. The Morgan fingerprint density at radius 3 is 2.83 bits per heavy atom. The lowest BCUT2D eigenvalue weighted by atomic mass is 10.00. The summed E-state index contributed by atoms with van der Waals surface area (Å²) in [6.45, 7) is 5.27. The smallest absolute Gasteiger partial charge is 0.234 e. The van der Waals surface area contributed by atoms with Crippen LogP contribution in [0.3, 0.4) is 0 Å². The maximum Gasteiger partial charge on any atom is 0.234 e. The van der Waals surface area contributed by atoms with E-state index in [2.05, 4.69) is 34.5 Å². The Bertz CT molecular complexity index is 700. The van der Waals surface area contributed by atoms with Crippen LogP contribution in [0.15, 0.2) is 48.5 Å². The van der Waals surface area contributed by atoms with Crippen LogP contribution in [0.1, 0.15) is 16.7 Å². The molecule has 2 aromatic rings. The number of rotatable bonds is 6. The Morgan fingerprint density at radius 2 is 2.00 bits per heavy atom. The third-order valence-corrected chi connectivity index (χ3v) is 4.26. The van der Waals surface area contributed by atoms with Gasteiger partial charge in [0, 0.05) is 13.1 Å². The van der Waals surface area contributed by atoms with Gasteiger partial charge in [0.25, 0.3) is 0 Å². The van der Waals surface area contributed by atoms with Crippen LogP contribution in [-0.2, 0) is 17.8 Å². The van der Waals surface area contributed by atoms with Gasteiger partial charge in [-0.15, -0.1) is 0 Å². The zero-order valence-corrected chi connectivity index (χ0v) is 14.1. The molecule has 126 valence electrons. The summed E-state index contributed by atoms with van der Waals surface area (Å²) < 4.78 is 5.65. The summed E-state index contributed by atoms with van der Waals surface area (Å²) in [5.41, 5.74) is 3.90. The molecule has 3 rings (SSSR count). The third kappa shape index (κ3) is 4.59. The van der Waals surface area contributed by atoms with Crippen LogP contribution in [0, 0.1) is 6.92 Å². The van der Waals surface area contributed by atoms with Gasteiger partial charge in [-0.25, -0.2) is 0 Å². The molecule has 1 heterocycles. The van der Waals surface area contributed by atoms with Gasteiger partial charge in [0.2, 0.25) is 5.91 Å². The molecule has 0 spiro atoms. The highest BCUT2D eigenvalue weighted by atomic mass is 16.5. The molecule has 0 bridgehead atoms. The summed E-state index contributed by atoms with van der Waals surface area (Å²) in [4.78, 5) is 14.3. The summed E-state index contributed by atoms with van der Waals surface area (Å²) >= 11 is 0. The minimum Gasteiger partial charge on any atom is -0.492 e. The zero-order valence-electron chi connectivity index (χ0n) is 14.1. The molecule has 0 aliphatic carbocycles. The lowest BCUT2D eigenvalue weighted by Crippen LogP contribution is -2.40. The van der Waals surface area contributed by atoms with E-state index in [1.165, 1.54) is 16.7 Å². The second-order valence-electron chi connectivity index (χ2n) is 6.24. The Morgan fingerprint density at radius 1 is 1.17 bits per heavy atom. The predicted molar refractivity (Wildman–Crippen MR) is 95.1 cm³/mol. The van der Waals surface area contributed by atoms with E-state index < -0.39 is 0 Å². The van der Waals surface area contributed by atoms with E-state index in [9.17, 15) is 4.79 Å². The Balaban J connectivity index is 1.37. The molecule has 1 aliphatic rings. The summed E-state index contributed by atoms with van der Waals surface area (Å²) in [6.07, 6.45) is 1.01. The van der Waals surface area contributed by atoms with Gasteiger partial charge in [0.05, 0.1) is 13.1 Å². The highest BCUT2D eigenvalue weighted by Gasteiger charge is 2.17. The highest BCUT2D eigenvalue weighted by Crippen LogP contribution is 2.17. The van der Waals surface area contributed by atoms with Gasteiger partial charge in [-0.3, -0.25) is 9.69 Å². The van der Waals surface area contributed by atoms with Crippen molar-refractivity contribution in [3.63, 3.8) is 0 Å². The monoisotopic (exact) mass is 324 g/mol. The first kappa shape index (κ1) is 16.5. The molecular weight excluding hydrogens is 300 g/mol. The van der Waals surface area contributed by atoms with Crippen molar-refractivity contribution < 1.29 is 9.53 Å². The van der Waals surface area contributed by atoms with E-state index in [0.29, 0.717) is 19.7 Å². The molecule has 0 fully saturated rings. The van der Waals surface area contributed by atoms with Crippen molar-refractivity contribution in [2.45, 2.75) is 19.9 Å². The Kier molecular flexibility index (Phi) is 5.49. The fourth-order valence-electron chi connectivity index (χ4n) is 3.01. The molecule has 4 nitrogen and oxygen atoms in total. The zero-order chi connectivity index (χ0) is 16.8. The topological polar surface area (TPSA) is 41.6 Å². The van der Waals surface area contributed by atoms with Gasteiger partial charge in [-0.05, 0) is 42.2 Å². The molecule has 2 aromatic carbocycles. The Hall–Kier alpha value is -2.33. The summed E-state index contributed by atoms with van der Waals surface area (Å²) in [7, 11) is 0. The fourth-order valence-corrected chi connectivity index (χ4v) is 3.01. The van der Waals surface area contributed by atoms with E-state index in [1.807, 2.05) is 31.2 Å². The Labute approximate surface area is 143 Å². The molecule has 0 radical (unpaired) electrons. The van der Waals surface area contributed by atoms with Gasteiger partial charge in [-0.1, -0.05) is 36.4 Å². The third-order valence-electron chi connectivity index (χ3n) is 4.26. The van der Waals surface area contributed by atoms with E-state index in [0.717, 1.165) is 25.3 Å². The molecule has 1 amide bonds. The maximum absolute atomic E-state index is 12.1. The van der Waals surface area contributed by atoms with Crippen LogP contribution < -0.4 is 10.1 Å². The average Bonchev–Trinajstić information content (AvgIpc) is 2.59. The van der Waals surface area contributed by atoms with Gasteiger partial charge >= 0.3 is 0 Å². The van der Waals surface area contributed by atoms with Gasteiger partial charge in [0.15, 0.2) is 0 Å². The van der Waals surface area contributed by atoms with Crippen LogP contribution >= 0.6 is 0 Å². The first-order chi connectivity index (χ1) is 11.7. The van der Waals surface area contributed by atoms with Crippen molar-refractivity contribution in [1.82, 2.24) is 10.2 Å². The minimum absolute atomic E-state index is 0.0576. The van der Waals surface area contributed by atoms with Gasteiger partial charge in [0.1, 0.15) is 12.4 Å². The first-order valence-corrected chi connectivity index (χ1v) is 8.46. The van der Waals surface area contributed by atoms with Crippen molar-refractivity contribution >= 4 is 5.91 Å². The quantitative estimate of drug-likeness (QED) is 0.830. The predicted octanol–water partition coefficient (Wildman–Crippen LogP) is 2.55. The normalized spacial score (nSPS) is 14.0. The number of fused-ring (bicyclic) bond motifs is 1. The number of ether oxygens (including phenoxy) is 1. The van der Waals surface area contributed by atoms with E-state index in [1.54, 1.807) is 0 Å². The first-order valence-electron chi connectivity index (χ1n) is 8.46. The maximum atomic E-state index is 12.1. The van der Waals surface area contributed by atoms with Gasteiger partial charge in [-0.2, -0.15) is 0 Å². The number of carbonyl (C=O) groups excluding carboxylic acids is 1. The van der Waals surface area contributed by atoms with E-state index in [4.69, 9.17) is 4.74 Å². The van der Waals surface area contributed by atoms with Crippen molar-refractivity contribution in [3.8, 4) is 5.75 Å². The van der Waals surface area contributed by atoms with E-state index in [-0.39, 0.29) is 5.91 Å². The lowest BCUT2D eigenvalue weighted by molar-refractivity contribution is -0.122. The molecule has 0 saturated heterocycles. The largest absolute Gasteiger partial charge is 0.492 e. The summed E-state index contributed by atoms with van der Waals surface area (Å²) in [6, 6.07) is 16.4. The number of benzene rings is 2. The molecular formula is C20H24N2O2.